The Morgan fingerprint density at radius 1 is 1.15 bits per heavy atom. The molecule has 0 radical (unpaired) electrons. The lowest BCUT2D eigenvalue weighted by Gasteiger charge is -2.11. The monoisotopic (exact) mass is 430 g/mol. The van der Waals surface area contributed by atoms with Gasteiger partial charge in [0.1, 0.15) is 0 Å². The highest BCUT2D eigenvalue weighted by Gasteiger charge is 2.30. The number of amidine groups is 1. The van der Waals surface area contributed by atoms with Crippen molar-refractivity contribution in [2.45, 2.75) is 11.7 Å². The smallest absolute Gasteiger partial charge is 0.239 e. The van der Waals surface area contributed by atoms with Crippen LogP contribution in [0.3, 0.4) is 0 Å². The highest BCUT2D eigenvalue weighted by Crippen LogP contribution is 2.24. The number of halogens is 1. The van der Waals surface area contributed by atoms with Crippen LogP contribution in [0.15, 0.2) is 63.2 Å². The topological polar surface area (TPSA) is 57.1 Å². The van der Waals surface area contributed by atoms with Crippen LogP contribution in [0.2, 0.25) is 0 Å². The van der Waals surface area contributed by atoms with Crippen LogP contribution >= 0.6 is 27.7 Å². The first kappa shape index (κ1) is 18.7. The van der Waals surface area contributed by atoms with Gasteiger partial charge in [0.15, 0.2) is 5.17 Å². The van der Waals surface area contributed by atoms with Crippen molar-refractivity contribution in [1.29, 1.82) is 0 Å². The average molecular weight is 431 g/mol. The molecule has 3 rings (SSSR count). The van der Waals surface area contributed by atoms with Crippen molar-refractivity contribution < 1.29 is 4.79 Å². The summed E-state index contributed by atoms with van der Waals surface area (Å²) in [6.45, 7) is 0. The van der Waals surface area contributed by atoms with Gasteiger partial charge in [0.2, 0.25) is 5.91 Å². The van der Waals surface area contributed by atoms with E-state index in [-0.39, 0.29) is 11.2 Å². The SMILES string of the molecule is CN(C)c1ccc(/C=N\N=C2/NC(=O)[C@H](Cc3ccc(Br)cc3)S2)cc1. The zero-order valence-corrected chi connectivity index (χ0v) is 16.9. The molecule has 1 heterocycles. The molecule has 2 aromatic rings. The Bertz CT molecular complexity index is 832. The Hall–Kier alpha value is -2.12. The summed E-state index contributed by atoms with van der Waals surface area (Å²) in [5, 5.41) is 11.4. The second-order valence-electron chi connectivity index (χ2n) is 6.06. The van der Waals surface area contributed by atoms with Gasteiger partial charge in [0.25, 0.3) is 0 Å². The van der Waals surface area contributed by atoms with Crippen molar-refractivity contribution in [3.05, 3.63) is 64.1 Å². The molecule has 1 fully saturated rings. The molecule has 0 spiro atoms. The summed E-state index contributed by atoms with van der Waals surface area (Å²) in [5.41, 5.74) is 3.20. The molecular formula is C19H19BrN4OS. The Labute approximate surface area is 165 Å². The Morgan fingerprint density at radius 2 is 1.85 bits per heavy atom. The molecule has 1 atom stereocenters. The molecule has 0 saturated carbocycles. The van der Waals surface area contributed by atoms with Gasteiger partial charge in [-0.15, -0.1) is 5.10 Å². The first-order valence-electron chi connectivity index (χ1n) is 8.11. The van der Waals surface area contributed by atoms with Gasteiger partial charge < -0.3 is 10.2 Å². The molecule has 0 bridgehead atoms. The lowest BCUT2D eigenvalue weighted by atomic mass is 10.1. The van der Waals surface area contributed by atoms with Gasteiger partial charge in [-0.2, -0.15) is 5.10 Å². The summed E-state index contributed by atoms with van der Waals surface area (Å²) < 4.78 is 1.03. The van der Waals surface area contributed by atoms with Crippen LogP contribution in [0.25, 0.3) is 0 Å². The van der Waals surface area contributed by atoms with E-state index in [0.29, 0.717) is 11.6 Å². The van der Waals surface area contributed by atoms with E-state index in [9.17, 15) is 4.79 Å². The van der Waals surface area contributed by atoms with Crippen LogP contribution in [0.4, 0.5) is 5.69 Å². The Kier molecular flexibility index (Phi) is 6.11. The number of nitrogens with zero attached hydrogens (tertiary/aromatic N) is 3. The van der Waals surface area contributed by atoms with Crippen molar-refractivity contribution in [1.82, 2.24) is 5.32 Å². The van der Waals surface area contributed by atoms with Gasteiger partial charge >= 0.3 is 0 Å². The van der Waals surface area contributed by atoms with Crippen molar-refractivity contribution in [2.75, 3.05) is 19.0 Å². The van der Waals surface area contributed by atoms with Gasteiger partial charge in [-0.05, 0) is 41.8 Å². The maximum atomic E-state index is 12.1. The normalized spacial score (nSPS) is 18.5. The minimum absolute atomic E-state index is 0.0257. The van der Waals surface area contributed by atoms with Crippen LogP contribution in [0.1, 0.15) is 11.1 Å². The zero-order valence-electron chi connectivity index (χ0n) is 14.5. The fraction of sp³-hybridized carbons (Fsp3) is 0.211. The van der Waals surface area contributed by atoms with Crippen molar-refractivity contribution in [3.8, 4) is 0 Å². The highest BCUT2D eigenvalue weighted by atomic mass is 79.9. The summed E-state index contributed by atoms with van der Waals surface area (Å²) >= 11 is 4.83. The minimum atomic E-state index is -0.176. The van der Waals surface area contributed by atoms with Gasteiger partial charge in [-0.25, -0.2) is 0 Å². The van der Waals surface area contributed by atoms with Crippen LogP contribution in [-0.2, 0) is 11.2 Å². The first-order valence-corrected chi connectivity index (χ1v) is 9.79. The molecule has 0 aliphatic carbocycles. The molecule has 1 aliphatic rings. The number of carbonyl (C=O) groups excluding carboxylic acids is 1. The zero-order chi connectivity index (χ0) is 18.5. The maximum absolute atomic E-state index is 12.1. The van der Waals surface area contributed by atoms with Gasteiger partial charge in [0, 0.05) is 24.3 Å². The molecule has 134 valence electrons. The standard InChI is InChI=1S/C19H19BrN4OS/c1-24(2)16-9-5-14(6-10-16)12-21-23-19-22-18(25)17(26-19)11-13-3-7-15(20)8-4-13/h3-10,12,17H,11H2,1-2H3,(H,22,23,25)/b21-12-/t17-/m0/s1. The maximum Gasteiger partial charge on any atom is 0.239 e. The fourth-order valence-electron chi connectivity index (χ4n) is 2.43. The third-order valence-electron chi connectivity index (χ3n) is 3.88. The number of carbonyl (C=O) groups is 1. The number of amides is 1. The molecule has 0 unspecified atom stereocenters. The summed E-state index contributed by atoms with van der Waals surface area (Å²) in [5.74, 6) is -0.0257. The lowest BCUT2D eigenvalue weighted by molar-refractivity contribution is -0.118. The third kappa shape index (κ3) is 4.95. The highest BCUT2D eigenvalue weighted by molar-refractivity contribution is 9.10. The molecule has 1 aliphatic heterocycles. The van der Waals surface area contributed by atoms with E-state index in [0.717, 1.165) is 21.3 Å². The predicted molar refractivity (Wildman–Crippen MR) is 113 cm³/mol. The van der Waals surface area contributed by atoms with E-state index < -0.39 is 0 Å². The number of hydrogen-bond donors (Lipinski definition) is 1. The lowest BCUT2D eigenvalue weighted by Crippen LogP contribution is -2.25. The predicted octanol–water partition coefficient (Wildman–Crippen LogP) is 3.68. The molecule has 2 aromatic carbocycles. The van der Waals surface area contributed by atoms with Crippen LogP contribution in [-0.4, -0.2) is 36.6 Å². The van der Waals surface area contributed by atoms with Crippen LogP contribution in [0.5, 0.6) is 0 Å². The summed E-state index contributed by atoms with van der Waals surface area (Å²) in [6.07, 6.45) is 2.35. The molecule has 1 N–H and O–H groups in total. The van der Waals surface area contributed by atoms with E-state index in [2.05, 4.69) is 31.4 Å². The van der Waals surface area contributed by atoms with E-state index in [1.165, 1.54) is 11.8 Å². The number of rotatable bonds is 5. The second kappa shape index (κ2) is 8.51. The molecule has 1 saturated heterocycles. The second-order valence-corrected chi connectivity index (χ2v) is 8.17. The molecule has 5 nitrogen and oxygen atoms in total. The minimum Gasteiger partial charge on any atom is -0.378 e. The summed E-state index contributed by atoms with van der Waals surface area (Å²) in [4.78, 5) is 14.2. The number of thioether (sulfide) groups is 1. The fourth-order valence-corrected chi connectivity index (χ4v) is 3.66. The quantitative estimate of drug-likeness (QED) is 0.581. The number of anilines is 1. The molecule has 0 aromatic heterocycles. The molecule has 26 heavy (non-hydrogen) atoms. The first-order chi connectivity index (χ1) is 12.5. The largest absolute Gasteiger partial charge is 0.378 e. The van der Waals surface area contributed by atoms with Crippen molar-refractivity contribution >= 4 is 50.7 Å². The molecule has 1 amide bonds. The van der Waals surface area contributed by atoms with E-state index >= 15 is 0 Å². The average Bonchev–Trinajstić information content (AvgIpc) is 2.97. The number of hydrogen-bond acceptors (Lipinski definition) is 5. The Balaban J connectivity index is 1.59. The van der Waals surface area contributed by atoms with Gasteiger partial charge in [-0.1, -0.05) is 52.0 Å². The number of nitrogens with one attached hydrogen (secondary N) is 1. The van der Waals surface area contributed by atoms with Crippen molar-refractivity contribution in [2.24, 2.45) is 10.2 Å². The third-order valence-corrected chi connectivity index (χ3v) is 5.48. The van der Waals surface area contributed by atoms with Crippen molar-refractivity contribution in [3.63, 3.8) is 0 Å². The van der Waals surface area contributed by atoms with Crippen LogP contribution in [0, 0.1) is 0 Å². The van der Waals surface area contributed by atoms with Gasteiger partial charge in [-0.3, -0.25) is 4.79 Å². The van der Waals surface area contributed by atoms with Crippen LogP contribution < -0.4 is 10.2 Å². The van der Waals surface area contributed by atoms with Gasteiger partial charge in [0.05, 0.1) is 11.5 Å². The van der Waals surface area contributed by atoms with E-state index in [4.69, 9.17) is 0 Å². The summed E-state index contributed by atoms with van der Waals surface area (Å²) in [6, 6.07) is 16.0. The number of benzene rings is 2. The molecular weight excluding hydrogens is 412 g/mol. The summed E-state index contributed by atoms with van der Waals surface area (Å²) in [7, 11) is 4.00. The van der Waals surface area contributed by atoms with E-state index in [1.54, 1.807) is 6.21 Å². The molecule has 7 heteroatoms. The Morgan fingerprint density at radius 3 is 2.50 bits per heavy atom. The van der Waals surface area contributed by atoms with E-state index in [1.807, 2.05) is 67.5 Å².